The van der Waals surface area contributed by atoms with Gasteiger partial charge in [0, 0.05) is 5.69 Å². The van der Waals surface area contributed by atoms with Crippen molar-refractivity contribution in [3.8, 4) is 0 Å². The van der Waals surface area contributed by atoms with Gasteiger partial charge in [0.25, 0.3) is 0 Å². The molecular weight excluding hydrogens is 371 g/mol. The van der Waals surface area contributed by atoms with E-state index in [9.17, 15) is 0 Å². The van der Waals surface area contributed by atoms with Crippen LogP contribution in [-0.4, -0.2) is 15.0 Å². The molecule has 0 amide bonds. The summed E-state index contributed by atoms with van der Waals surface area (Å²) >= 11 is 11.5. The Bertz CT molecular complexity index is 864. The van der Waals surface area contributed by atoms with Crippen molar-refractivity contribution < 1.29 is 0 Å². The number of nitrogens with one attached hydrogen (secondary N) is 1. The van der Waals surface area contributed by atoms with Crippen molar-refractivity contribution in [1.82, 2.24) is 15.0 Å². The smallest absolute Gasteiger partial charge is 0.232 e. The summed E-state index contributed by atoms with van der Waals surface area (Å²) in [5.41, 5.74) is 3.31. The summed E-state index contributed by atoms with van der Waals surface area (Å²) in [6.45, 7) is 5.94. The Morgan fingerprint density at radius 3 is 2.04 bits per heavy atom. The Labute approximate surface area is 162 Å². The number of halogens is 2. The first-order chi connectivity index (χ1) is 12.6. The van der Waals surface area contributed by atoms with E-state index in [1.165, 1.54) is 0 Å². The highest BCUT2D eigenvalue weighted by molar-refractivity contribution is 6.31. The van der Waals surface area contributed by atoms with Gasteiger partial charge in [0.1, 0.15) is 0 Å². The molecule has 0 atom stereocenters. The summed E-state index contributed by atoms with van der Waals surface area (Å²) < 4.78 is 0. The number of hydrogen-bond acceptors (Lipinski definition) is 6. The monoisotopic (exact) mass is 388 g/mol. The van der Waals surface area contributed by atoms with Crippen LogP contribution in [0.25, 0.3) is 0 Å². The molecule has 3 aromatic rings. The van der Waals surface area contributed by atoms with E-state index in [0.29, 0.717) is 0 Å². The van der Waals surface area contributed by atoms with Gasteiger partial charge in [-0.15, -0.1) is 0 Å². The van der Waals surface area contributed by atoms with E-state index in [-0.39, 0.29) is 16.5 Å². The molecule has 0 bridgehead atoms. The fourth-order valence-corrected chi connectivity index (χ4v) is 2.33. The molecule has 0 spiro atoms. The van der Waals surface area contributed by atoms with E-state index >= 15 is 0 Å². The van der Waals surface area contributed by atoms with Crippen LogP contribution in [0.3, 0.4) is 0 Å². The Morgan fingerprint density at radius 2 is 1.42 bits per heavy atom. The Balaban J connectivity index is 0.00000117. The third-order valence-electron chi connectivity index (χ3n) is 3.07. The second kappa shape index (κ2) is 9.79. The van der Waals surface area contributed by atoms with Crippen molar-refractivity contribution in [3.63, 3.8) is 0 Å². The molecule has 0 aliphatic carbocycles. The van der Waals surface area contributed by atoms with Crippen LogP contribution >= 0.6 is 23.2 Å². The number of benzene rings is 2. The number of hydrogen-bond donors (Lipinski definition) is 1. The number of nitrogens with zero attached hydrogens (tertiary/aromatic N) is 5. The maximum absolute atomic E-state index is 5.77. The third-order valence-corrected chi connectivity index (χ3v) is 3.41. The fraction of sp³-hybridized carbons (Fsp3) is 0.167. The fourth-order valence-electron chi connectivity index (χ4n) is 1.96. The van der Waals surface area contributed by atoms with Gasteiger partial charge in [0.2, 0.25) is 16.5 Å². The SMILES string of the molecule is CC.Cc1cc(N=Nc2ccccc2)ccc1Nc1nc(Cl)nc(Cl)n1. The number of anilines is 2. The van der Waals surface area contributed by atoms with Crippen LogP contribution in [0.4, 0.5) is 23.0 Å². The molecular formula is C18H18Cl2N6. The maximum atomic E-state index is 5.77. The number of aromatic nitrogens is 3. The van der Waals surface area contributed by atoms with Crippen LogP contribution in [-0.2, 0) is 0 Å². The molecule has 0 aliphatic heterocycles. The maximum Gasteiger partial charge on any atom is 0.232 e. The molecule has 3 rings (SSSR count). The van der Waals surface area contributed by atoms with Gasteiger partial charge in [-0.25, -0.2) is 0 Å². The lowest BCUT2D eigenvalue weighted by Gasteiger charge is -2.08. The van der Waals surface area contributed by atoms with Crippen LogP contribution in [0, 0.1) is 6.92 Å². The minimum absolute atomic E-state index is 0.0310. The minimum atomic E-state index is 0.0310. The quantitative estimate of drug-likeness (QED) is 0.506. The largest absolute Gasteiger partial charge is 0.324 e. The Morgan fingerprint density at radius 1 is 0.808 bits per heavy atom. The topological polar surface area (TPSA) is 75.4 Å². The number of aryl methyl sites for hydroxylation is 1. The first-order valence-electron chi connectivity index (χ1n) is 8.02. The second-order valence-electron chi connectivity index (χ2n) is 4.86. The lowest BCUT2D eigenvalue weighted by Crippen LogP contribution is -2.00. The van der Waals surface area contributed by atoms with E-state index in [4.69, 9.17) is 23.2 Å². The highest BCUT2D eigenvalue weighted by atomic mass is 35.5. The lowest BCUT2D eigenvalue weighted by atomic mass is 10.2. The zero-order valence-electron chi connectivity index (χ0n) is 14.6. The van der Waals surface area contributed by atoms with Gasteiger partial charge in [-0.3, -0.25) is 0 Å². The van der Waals surface area contributed by atoms with Crippen LogP contribution < -0.4 is 5.32 Å². The number of rotatable bonds is 4. The molecule has 134 valence electrons. The first-order valence-corrected chi connectivity index (χ1v) is 8.77. The molecule has 2 aromatic carbocycles. The zero-order valence-corrected chi connectivity index (χ0v) is 16.1. The van der Waals surface area contributed by atoms with Gasteiger partial charge >= 0.3 is 0 Å². The molecule has 0 aliphatic rings. The lowest BCUT2D eigenvalue weighted by molar-refractivity contribution is 1.05. The number of azo groups is 1. The van der Waals surface area contributed by atoms with Gasteiger partial charge in [-0.2, -0.15) is 25.2 Å². The normalized spacial score (nSPS) is 10.3. The average molecular weight is 389 g/mol. The summed E-state index contributed by atoms with van der Waals surface area (Å²) in [5.74, 6) is 0.279. The van der Waals surface area contributed by atoms with Crippen LogP contribution in [0.1, 0.15) is 19.4 Å². The van der Waals surface area contributed by atoms with Crippen molar-refractivity contribution in [1.29, 1.82) is 0 Å². The molecule has 0 fully saturated rings. The minimum Gasteiger partial charge on any atom is -0.324 e. The predicted octanol–water partition coefficient (Wildman–Crippen LogP) is 6.67. The van der Waals surface area contributed by atoms with E-state index < -0.39 is 0 Å². The van der Waals surface area contributed by atoms with E-state index in [0.717, 1.165) is 22.6 Å². The molecule has 1 heterocycles. The molecule has 6 nitrogen and oxygen atoms in total. The van der Waals surface area contributed by atoms with Crippen LogP contribution in [0.2, 0.25) is 10.6 Å². The average Bonchev–Trinajstić information content (AvgIpc) is 2.64. The van der Waals surface area contributed by atoms with E-state index in [2.05, 4.69) is 30.5 Å². The summed E-state index contributed by atoms with van der Waals surface area (Å²) in [6.07, 6.45) is 0. The highest BCUT2D eigenvalue weighted by Gasteiger charge is 2.06. The summed E-state index contributed by atoms with van der Waals surface area (Å²) in [6, 6.07) is 15.1. The van der Waals surface area contributed by atoms with E-state index in [1.54, 1.807) is 0 Å². The Kier molecular flexibility index (Phi) is 7.44. The highest BCUT2D eigenvalue weighted by Crippen LogP contribution is 2.25. The molecule has 1 N–H and O–H groups in total. The van der Waals surface area contributed by atoms with Crippen molar-refractivity contribution in [2.45, 2.75) is 20.8 Å². The van der Waals surface area contributed by atoms with Gasteiger partial charge in [0.15, 0.2) is 0 Å². The van der Waals surface area contributed by atoms with Gasteiger partial charge in [-0.1, -0.05) is 32.0 Å². The third kappa shape index (κ3) is 5.75. The molecule has 0 unspecified atom stereocenters. The molecule has 8 heteroatoms. The standard InChI is InChI=1S/C16H12Cl2N6.C2H6/c1-10-9-12(24-23-11-5-3-2-4-6-11)7-8-13(10)19-16-21-14(17)20-15(18)22-16;1-2/h2-9H,1H3,(H,19,20,21,22);1-2H3. The molecule has 0 saturated carbocycles. The summed E-state index contributed by atoms with van der Waals surface area (Å²) in [4.78, 5) is 11.7. The van der Waals surface area contributed by atoms with Gasteiger partial charge in [0.05, 0.1) is 11.4 Å². The molecule has 26 heavy (non-hydrogen) atoms. The van der Waals surface area contributed by atoms with Crippen molar-refractivity contribution in [2.24, 2.45) is 10.2 Å². The van der Waals surface area contributed by atoms with E-state index in [1.807, 2.05) is 69.3 Å². The first kappa shape index (κ1) is 19.8. The zero-order chi connectivity index (χ0) is 18.9. The second-order valence-corrected chi connectivity index (χ2v) is 5.53. The molecule has 1 aromatic heterocycles. The van der Waals surface area contributed by atoms with Gasteiger partial charge < -0.3 is 5.32 Å². The molecule has 0 saturated heterocycles. The van der Waals surface area contributed by atoms with Gasteiger partial charge in [-0.05, 0) is 66.0 Å². The van der Waals surface area contributed by atoms with Crippen molar-refractivity contribution in [3.05, 3.63) is 64.7 Å². The summed E-state index contributed by atoms with van der Waals surface area (Å²) in [7, 11) is 0. The van der Waals surface area contributed by atoms with Crippen LogP contribution in [0.5, 0.6) is 0 Å². The molecule has 0 radical (unpaired) electrons. The predicted molar refractivity (Wildman–Crippen MR) is 106 cm³/mol. The summed E-state index contributed by atoms with van der Waals surface area (Å²) in [5, 5.41) is 11.5. The van der Waals surface area contributed by atoms with Crippen molar-refractivity contribution in [2.75, 3.05) is 5.32 Å². The van der Waals surface area contributed by atoms with Crippen molar-refractivity contribution >= 4 is 46.2 Å². The Hall–Kier alpha value is -2.57. The van der Waals surface area contributed by atoms with Crippen LogP contribution in [0.15, 0.2) is 58.8 Å².